The number of nitrogens with zero attached hydrogens (tertiary/aromatic N) is 1. The largest absolute Gasteiger partial charge is 0.480 e. The summed E-state index contributed by atoms with van der Waals surface area (Å²) in [5.74, 6) is -2.33. The van der Waals surface area contributed by atoms with Crippen LogP contribution in [0.4, 0.5) is 0 Å². The van der Waals surface area contributed by atoms with Gasteiger partial charge in [0.1, 0.15) is 18.1 Å². The molecule has 0 fully saturated rings. The number of carbonyl (C=O) groups excluding carboxylic acids is 3. The predicted octanol–water partition coefficient (Wildman–Crippen LogP) is -0.744. The van der Waals surface area contributed by atoms with Gasteiger partial charge in [0, 0.05) is 74.9 Å². The Labute approximate surface area is 228 Å². The molecule has 0 aliphatic carbocycles. The molecule has 0 rings (SSSR count). The van der Waals surface area contributed by atoms with Crippen molar-refractivity contribution < 1.29 is 44.1 Å². The van der Waals surface area contributed by atoms with Crippen molar-refractivity contribution in [3.05, 3.63) is 0 Å². The van der Waals surface area contributed by atoms with Crippen LogP contribution in [0.1, 0.15) is 20.8 Å². The third-order valence-electron chi connectivity index (χ3n) is 4.54. The summed E-state index contributed by atoms with van der Waals surface area (Å²) in [5, 5.41) is 34.8. The third kappa shape index (κ3) is 18.7. The first kappa shape index (κ1) is 34.8. The van der Waals surface area contributed by atoms with E-state index in [-0.39, 0.29) is 17.3 Å². The van der Waals surface area contributed by atoms with Crippen molar-refractivity contribution in [2.75, 3.05) is 54.2 Å². The van der Waals surface area contributed by atoms with Gasteiger partial charge in [-0.05, 0) is 0 Å². The quantitative estimate of drug-likeness (QED) is 0.0721. The van der Waals surface area contributed by atoms with E-state index in [9.17, 15) is 44.1 Å². The fourth-order valence-electron chi connectivity index (χ4n) is 2.78. The minimum Gasteiger partial charge on any atom is -0.480 e. The second kappa shape index (κ2) is 19.9. The molecule has 3 atom stereocenters. The molecule has 3 amide bonds. The minimum atomic E-state index is -1.12. The Balaban J connectivity index is 4.79. The second-order valence-electron chi connectivity index (χ2n) is 7.84. The number of carboxylic acids is 3. The van der Waals surface area contributed by atoms with Crippen LogP contribution in [0.25, 0.3) is 0 Å². The molecule has 0 radical (unpaired) electrons. The highest BCUT2D eigenvalue weighted by atomic mass is 32.2. The van der Waals surface area contributed by atoms with E-state index in [4.69, 9.17) is 0 Å². The zero-order chi connectivity index (χ0) is 28.4. The highest BCUT2D eigenvalue weighted by molar-refractivity contribution is 7.99. The molecule has 0 unspecified atom stereocenters. The highest BCUT2D eigenvalue weighted by Gasteiger charge is 2.20. The summed E-state index contributed by atoms with van der Waals surface area (Å²) in [7, 11) is 0. The predicted molar refractivity (Wildman–Crippen MR) is 144 cm³/mol. The van der Waals surface area contributed by atoms with Crippen LogP contribution in [-0.4, -0.2) is 128 Å². The van der Waals surface area contributed by atoms with E-state index in [0.29, 0.717) is 36.9 Å². The number of hydrogen-bond acceptors (Lipinski definition) is 10. The van der Waals surface area contributed by atoms with Gasteiger partial charge < -0.3 is 36.2 Å². The number of hydrogen-bond donors (Lipinski definition) is 6. The van der Waals surface area contributed by atoms with Crippen molar-refractivity contribution >= 4 is 70.9 Å². The standard InChI is InChI=1S/C21H36N4O9S3/c1-13(26)22-16(19(29)30)10-35-7-4-25(5-8-36-11-17(20(31)32)23-14(2)27)6-9-37-12-18(21(33)34)24-15(3)28/h16-18H,4-12H2,1-3H3,(H,22,26)(H,23,27)(H,24,28)(H,29,30)(H,31,32)(H,33,34)/t16-,17-,18-/m0/s1/i4+1,5+1,6+1,7+1,8+1,9+1. The van der Waals surface area contributed by atoms with Crippen molar-refractivity contribution in [1.29, 1.82) is 0 Å². The molecule has 0 aliphatic heterocycles. The van der Waals surface area contributed by atoms with Gasteiger partial charge in [0.15, 0.2) is 0 Å². The van der Waals surface area contributed by atoms with Crippen molar-refractivity contribution in [2.24, 2.45) is 0 Å². The summed E-state index contributed by atoms with van der Waals surface area (Å²) in [6, 6.07) is -2.98. The van der Waals surface area contributed by atoms with Gasteiger partial charge >= 0.3 is 17.9 Å². The van der Waals surface area contributed by atoms with Gasteiger partial charge in [0.2, 0.25) is 17.7 Å². The number of carboxylic acid groups (broad SMARTS) is 3. The van der Waals surface area contributed by atoms with Crippen LogP contribution in [0, 0.1) is 0 Å². The van der Waals surface area contributed by atoms with E-state index >= 15 is 0 Å². The molecular weight excluding hydrogens is 554 g/mol. The van der Waals surface area contributed by atoms with E-state index in [1.165, 1.54) is 56.1 Å². The van der Waals surface area contributed by atoms with Crippen LogP contribution in [-0.2, 0) is 28.8 Å². The van der Waals surface area contributed by atoms with Crippen molar-refractivity contribution in [3.63, 3.8) is 0 Å². The number of carbonyl (C=O) groups is 6. The monoisotopic (exact) mass is 590 g/mol. The molecular formula is C21H36N4O9S3. The number of aliphatic carboxylic acids is 3. The average Bonchev–Trinajstić information content (AvgIpc) is 2.77. The van der Waals surface area contributed by atoms with Crippen molar-refractivity contribution in [2.45, 2.75) is 38.9 Å². The van der Waals surface area contributed by atoms with Gasteiger partial charge in [-0.15, -0.1) is 0 Å². The molecule has 0 aliphatic rings. The number of amides is 3. The average molecular weight is 591 g/mol. The third-order valence-corrected chi connectivity index (χ3v) is 7.66. The smallest absolute Gasteiger partial charge is 0.327 e. The van der Waals surface area contributed by atoms with E-state index in [1.807, 2.05) is 0 Å². The molecule has 0 saturated heterocycles. The van der Waals surface area contributed by atoms with Gasteiger partial charge in [-0.2, -0.15) is 35.3 Å². The van der Waals surface area contributed by atoms with Gasteiger partial charge in [0.05, 0.1) is 0 Å². The summed E-state index contributed by atoms with van der Waals surface area (Å²) < 4.78 is 0. The van der Waals surface area contributed by atoms with Crippen LogP contribution >= 0.6 is 35.3 Å². The Morgan fingerprint density at radius 2 is 0.811 bits per heavy atom. The van der Waals surface area contributed by atoms with Crippen LogP contribution < -0.4 is 16.0 Å². The minimum absolute atomic E-state index is 0.195. The second-order valence-corrected chi connectivity index (χ2v) is 11.3. The topological polar surface area (TPSA) is 202 Å². The Bertz CT molecular complexity index is 689. The molecule has 6 N–H and O–H groups in total. The van der Waals surface area contributed by atoms with Gasteiger partial charge in [0.25, 0.3) is 0 Å². The van der Waals surface area contributed by atoms with Crippen molar-refractivity contribution in [3.8, 4) is 0 Å². The molecule has 212 valence electrons. The van der Waals surface area contributed by atoms with Gasteiger partial charge in [-0.25, -0.2) is 14.4 Å². The summed E-state index contributed by atoms with van der Waals surface area (Å²) in [5.41, 5.74) is 0. The normalized spacial score (nSPS) is 13.3. The van der Waals surface area contributed by atoms with Crippen LogP contribution in [0.2, 0.25) is 0 Å². The lowest BCUT2D eigenvalue weighted by Gasteiger charge is -2.23. The molecule has 16 heteroatoms. The van der Waals surface area contributed by atoms with Crippen molar-refractivity contribution in [1.82, 2.24) is 20.9 Å². The first-order valence-corrected chi connectivity index (χ1v) is 14.7. The van der Waals surface area contributed by atoms with Crippen LogP contribution in [0.5, 0.6) is 0 Å². The highest BCUT2D eigenvalue weighted by Crippen LogP contribution is 2.10. The molecule has 37 heavy (non-hydrogen) atoms. The number of nitrogens with one attached hydrogen (secondary N) is 3. The Hall–Kier alpha value is -2.17. The zero-order valence-electron chi connectivity index (χ0n) is 21.1. The Morgan fingerprint density at radius 1 is 0.568 bits per heavy atom. The maximum absolute atomic E-state index is 11.3. The lowest BCUT2D eigenvalue weighted by atomic mass is 10.3. The maximum atomic E-state index is 11.3. The molecule has 0 bridgehead atoms. The van der Waals surface area contributed by atoms with E-state index in [1.54, 1.807) is 0 Å². The first-order valence-electron chi connectivity index (χ1n) is 11.3. The summed E-state index contributed by atoms with van der Waals surface area (Å²) in [6.07, 6.45) is 0. The first-order chi connectivity index (χ1) is 17.3. The lowest BCUT2D eigenvalue weighted by Crippen LogP contribution is -2.42. The van der Waals surface area contributed by atoms with Gasteiger partial charge in [-0.3, -0.25) is 14.4 Å². The maximum Gasteiger partial charge on any atom is 0.327 e. The fourth-order valence-corrected chi connectivity index (χ4v) is 5.83. The number of rotatable bonds is 21. The molecule has 0 heterocycles. The fraction of sp³-hybridized carbons (Fsp3) is 0.714. The molecule has 13 nitrogen and oxygen atoms in total. The zero-order valence-corrected chi connectivity index (χ0v) is 23.5. The molecule has 0 aromatic rings. The molecule has 0 saturated carbocycles. The Kier molecular flexibility index (Phi) is 18.7. The molecule has 0 aromatic heterocycles. The SMILES string of the molecule is CC(=O)N[C@@H](CS[13CH2][13CH2]N([13CH2][13CH2]SC[C@H](NC(C)=O)C(=O)O)[13CH2][13CH2]SC[C@H](NC(C)=O)C(=O)O)C(=O)O. The summed E-state index contributed by atoms with van der Waals surface area (Å²) in [6.45, 7) is 5.50. The van der Waals surface area contributed by atoms with E-state index in [2.05, 4.69) is 20.9 Å². The number of thioether (sulfide) groups is 3. The van der Waals surface area contributed by atoms with E-state index in [0.717, 1.165) is 0 Å². The van der Waals surface area contributed by atoms with Gasteiger partial charge in [-0.1, -0.05) is 0 Å². The molecule has 0 spiro atoms. The summed E-state index contributed by atoms with van der Waals surface area (Å²) >= 11 is 4.11. The van der Waals surface area contributed by atoms with Crippen LogP contribution in [0.3, 0.4) is 0 Å². The van der Waals surface area contributed by atoms with Crippen LogP contribution in [0.15, 0.2) is 0 Å². The molecule has 0 aromatic carbocycles. The van der Waals surface area contributed by atoms with E-state index < -0.39 is 53.8 Å². The summed E-state index contributed by atoms with van der Waals surface area (Å²) in [4.78, 5) is 69.4. The Morgan fingerprint density at radius 3 is 1.00 bits per heavy atom. The lowest BCUT2D eigenvalue weighted by molar-refractivity contribution is -0.141.